The van der Waals surface area contributed by atoms with Crippen LogP contribution in [0, 0.1) is 0 Å². The van der Waals surface area contributed by atoms with Crippen LogP contribution in [0.25, 0.3) is 0 Å². The molecule has 1 unspecified atom stereocenters. The zero-order valence-corrected chi connectivity index (χ0v) is 8.53. The zero-order chi connectivity index (χ0) is 9.26. The zero-order valence-electron chi connectivity index (χ0n) is 6.96. The van der Waals surface area contributed by atoms with Crippen molar-refractivity contribution in [2.45, 2.75) is 17.8 Å². The minimum atomic E-state index is -0.0359. The Morgan fingerprint density at radius 3 is 3.15 bits per heavy atom. The summed E-state index contributed by atoms with van der Waals surface area (Å²) in [4.78, 5) is 11.4. The highest BCUT2D eigenvalue weighted by Gasteiger charge is 2.27. The number of nitrogens with one attached hydrogen (secondary N) is 1. The third kappa shape index (κ3) is 2.62. The van der Waals surface area contributed by atoms with E-state index in [0.717, 1.165) is 17.4 Å². The Morgan fingerprint density at radius 2 is 2.62 bits per heavy atom. The Kier molecular flexibility index (Phi) is 2.81. The molecule has 1 fully saturated rings. The number of hydrogen-bond acceptors (Lipinski definition) is 3. The molecular formula is C8H10ClNO2S. The van der Waals surface area contributed by atoms with Crippen LogP contribution in [0.15, 0.2) is 10.4 Å². The van der Waals surface area contributed by atoms with Crippen molar-refractivity contribution in [1.82, 2.24) is 5.32 Å². The number of thioether (sulfide) groups is 1. The largest absolute Gasteiger partial charge is 0.371 e. The Balaban J connectivity index is 1.71. The number of rotatable bonds is 3. The molecule has 0 aromatic heterocycles. The van der Waals surface area contributed by atoms with Crippen LogP contribution in [0.3, 0.4) is 0 Å². The maximum Gasteiger partial charge on any atom is 0.233 e. The van der Waals surface area contributed by atoms with Gasteiger partial charge in [0.05, 0.1) is 22.3 Å². The molecule has 3 nitrogen and oxygen atoms in total. The standard InChI is InChI=1S/C8H10ClNO2S/c9-7-2-1-6(13-7)8(11)10-3-5-4-12-5/h2,5-6H,1,3-4H2,(H,10,11)/t5-,6?/m0/s1. The summed E-state index contributed by atoms with van der Waals surface area (Å²) in [6.45, 7) is 1.41. The summed E-state index contributed by atoms with van der Waals surface area (Å²) in [6.07, 6.45) is 2.86. The van der Waals surface area contributed by atoms with Gasteiger partial charge in [-0.05, 0) is 6.42 Å². The van der Waals surface area contributed by atoms with Crippen LogP contribution in [-0.4, -0.2) is 30.4 Å². The average molecular weight is 220 g/mol. The Morgan fingerprint density at radius 1 is 1.85 bits per heavy atom. The van der Waals surface area contributed by atoms with Gasteiger partial charge in [-0.3, -0.25) is 4.79 Å². The van der Waals surface area contributed by atoms with Gasteiger partial charge in [0, 0.05) is 6.54 Å². The molecule has 5 heteroatoms. The summed E-state index contributed by atoms with van der Waals surface area (Å²) < 4.78 is 5.71. The van der Waals surface area contributed by atoms with Crippen LogP contribution >= 0.6 is 23.4 Å². The third-order valence-corrected chi connectivity index (χ3v) is 3.45. The van der Waals surface area contributed by atoms with Gasteiger partial charge in [0.1, 0.15) is 0 Å². The Labute approximate surface area is 85.8 Å². The molecule has 0 saturated carbocycles. The van der Waals surface area contributed by atoms with E-state index in [1.807, 2.05) is 6.08 Å². The van der Waals surface area contributed by atoms with Crippen molar-refractivity contribution in [2.24, 2.45) is 0 Å². The molecule has 0 radical (unpaired) electrons. The predicted octanol–water partition coefficient (Wildman–Crippen LogP) is 1.09. The van der Waals surface area contributed by atoms with E-state index in [0.29, 0.717) is 6.54 Å². The predicted molar refractivity (Wildman–Crippen MR) is 52.7 cm³/mol. The normalized spacial score (nSPS) is 31.3. The SMILES string of the molecule is O=C(NC[C@H]1CO1)C1CC=C(Cl)S1. The quantitative estimate of drug-likeness (QED) is 0.723. The number of carbonyl (C=O) groups is 1. The van der Waals surface area contributed by atoms with Gasteiger partial charge in [-0.1, -0.05) is 17.7 Å². The molecule has 2 rings (SSSR count). The first-order valence-corrected chi connectivity index (χ1v) is 5.43. The highest BCUT2D eigenvalue weighted by molar-refractivity contribution is 8.06. The minimum absolute atomic E-state index is 0.0359. The number of allylic oxidation sites excluding steroid dienone is 1. The highest BCUT2D eigenvalue weighted by atomic mass is 35.5. The molecule has 0 aromatic carbocycles. The molecule has 1 amide bonds. The first kappa shape index (κ1) is 9.37. The van der Waals surface area contributed by atoms with E-state index < -0.39 is 0 Å². The Hall–Kier alpha value is -0.190. The maximum absolute atomic E-state index is 11.4. The average Bonchev–Trinajstić information content (AvgIpc) is 2.84. The third-order valence-electron chi connectivity index (χ3n) is 1.95. The van der Waals surface area contributed by atoms with E-state index in [4.69, 9.17) is 16.3 Å². The molecular weight excluding hydrogens is 210 g/mol. The minimum Gasteiger partial charge on any atom is -0.371 e. The van der Waals surface area contributed by atoms with E-state index in [1.165, 1.54) is 11.8 Å². The van der Waals surface area contributed by atoms with Crippen molar-refractivity contribution >= 4 is 29.3 Å². The lowest BCUT2D eigenvalue weighted by molar-refractivity contribution is -0.120. The van der Waals surface area contributed by atoms with Gasteiger partial charge in [0.25, 0.3) is 0 Å². The van der Waals surface area contributed by atoms with Crippen LogP contribution in [0.2, 0.25) is 0 Å². The second kappa shape index (κ2) is 3.90. The molecule has 72 valence electrons. The topological polar surface area (TPSA) is 41.6 Å². The first-order chi connectivity index (χ1) is 6.25. The molecule has 0 bridgehead atoms. The van der Waals surface area contributed by atoms with Gasteiger partial charge in [0.15, 0.2) is 0 Å². The number of halogens is 1. The van der Waals surface area contributed by atoms with Crippen molar-refractivity contribution in [3.8, 4) is 0 Å². The van der Waals surface area contributed by atoms with Crippen LogP contribution in [0.5, 0.6) is 0 Å². The number of epoxide rings is 1. The van der Waals surface area contributed by atoms with E-state index >= 15 is 0 Å². The van der Waals surface area contributed by atoms with Crippen LogP contribution in [0.1, 0.15) is 6.42 Å². The smallest absolute Gasteiger partial charge is 0.233 e. The summed E-state index contributed by atoms with van der Waals surface area (Å²) in [6, 6.07) is 0. The fourth-order valence-electron chi connectivity index (χ4n) is 1.11. The van der Waals surface area contributed by atoms with Gasteiger partial charge < -0.3 is 10.1 Å². The van der Waals surface area contributed by atoms with Gasteiger partial charge in [0.2, 0.25) is 5.91 Å². The van der Waals surface area contributed by atoms with Gasteiger partial charge in [-0.15, -0.1) is 11.8 Å². The lowest BCUT2D eigenvalue weighted by Crippen LogP contribution is -2.34. The van der Waals surface area contributed by atoms with E-state index in [-0.39, 0.29) is 17.3 Å². The van der Waals surface area contributed by atoms with E-state index in [1.54, 1.807) is 0 Å². The number of hydrogen-bond donors (Lipinski definition) is 1. The molecule has 2 aliphatic heterocycles. The molecule has 2 heterocycles. The molecule has 2 atom stereocenters. The first-order valence-electron chi connectivity index (χ1n) is 4.17. The molecule has 13 heavy (non-hydrogen) atoms. The fraction of sp³-hybridized carbons (Fsp3) is 0.625. The van der Waals surface area contributed by atoms with Crippen molar-refractivity contribution in [1.29, 1.82) is 0 Å². The molecule has 1 N–H and O–H groups in total. The van der Waals surface area contributed by atoms with Crippen LogP contribution < -0.4 is 5.32 Å². The lowest BCUT2D eigenvalue weighted by Gasteiger charge is -2.08. The summed E-state index contributed by atoms with van der Waals surface area (Å²) in [5.41, 5.74) is 0. The van der Waals surface area contributed by atoms with E-state index in [2.05, 4.69) is 5.32 Å². The summed E-state index contributed by atoms with van der Waals surface area (Å²) in [5, 5.41) is 2.79. The second-order valence-corrected chi connectivity index (χ2v) is 4.93. The lowest BCUT2D eigenvalue weighted by atomic mass is 10.3. The van der Waals surface area contributed by atoms with E-state index in [9.17, 15) is 4.79 Å². The fourth-order valence-corrected chi connectivity index (χ4v) is 2.37. The highest BCUT2D eigenvalue weighted by Crippen LogP contribution is 2.34. The van der Waals surface area contributed by atoms with Crippen molar-refractivity contribution < 1.29 is 9.53 Å². The van der Waals surface area contributed by atoms with Crippen LogP contribution in [-0.2, 0) is 9.53 Å². The number of ether oxygens (including phenoxy) is 1. The van der Waals surface area contributed by atoms with Crippen LogP contribution in [0.4, 0.5) is 0 Å². The Bertz CT molecular complexity index is 253. The molecule has 1 saturated heterocycles. The molecule has 0 spiro atoms. The number of carbonyl (C=O) groups excluding carboxylic acids is 1. The summed E-state index contributed by atoms with van der Waals surface area (Å²) in [5.74, 6) is 0.0624. The summed E-state index contributed by atoms with van der Waals surface area (Å²) >= 11 is 7.16. The number of amides is 1. The maximum atomic E-state index is 11.4. The second-order valence-electron chi connectivity index (χ2n) is 3.05. The van der Waals surface area contributed by atoms with Gasteiger partial charge in [-0.25, -0.2) is 0 Å². The van der Waals surface area contributed by atoms with Gasteiger partial charge in [-0.2, -0.15) is 0 Å². The monoisotopic (exact) mass is 219 g/mol. The van der Waals surface area contributed by atoms with Gasteiger partial charge >= 0.3 is 0 Å². The molecule has 0 aliphatic carbocycles. The molecule has 0 aromatic rings. The molecule has 2 aliphatic rings. The van der Waals surface area contributed by atoms with Crippen molar-refractivity contribution in [2.75, 3.05) is 13.2 Å². The van der Waals surface area contributed by atoms with Crippen molar-refractivity contribution in [3.63, 3.8) is 0 Å². The van der Waals surface area contributed by atoms with Crippen molar-refractivity contribution in [3.05, 3.63) is 10.4 Å². The summed E-state index contributed by atoms with van der Waals surface area (Å²) in [7, 11) is 0.